The second kappa shape index (κ2) is 6.54. The van der Waals surface area contributed by atoms with Crippen molar-refractivity contribution < 1.29 is 14.7 Å². The van der Waals surface area contributed by atoms with Crippen molar-refractivity contribution in [3.05, 3.63) is 29.3 Å². The summed E-state index contributed by atoms with van der Waals surface area (Å²) >= 11 is 0. The molecule has 0 aromatic heterocycles. The Morgan fingerprint density at radius 3 is 2.79 bits per heavy atom. The Balaban J connectivity index is 2.20. The van der Waals surface area contributed by atoms with Crippen molar-refractivity contribution in [3.8, 4) is 5.75 Å². The summed E-state index contributed by atoms with van der Waals surface area (Å²) in [6.07, 6.45) is 0. The summed E-state index contributed by atoms with van der Waals surface area (Å²) in [5.74, 6) is 0.862. The lowest BCUT2D eigenvalue weighted by molar-refractivity contribution is 0.0339. The summed E-state index contributed by atoms with van der Waals surface area (Å²) in [6, 6.07) is 5.83. The molecule has 0 bridgehead atoms. The largest absolute Gasteiger partial charge is 0.496 e. The number of oxime groups is 1. The minimum absolute atomic E-state index is 0.603. The number of methoxy groups -OCH3 is 1. The molecule has 5 nitrogen and oxygen atoms in total. The molecule has 1 saturated heterocycles. The predicted molar refractivity (Wildman–Crippen MR) is 73.1 cm³/mol. The summed E-state index contributed by atoms with van der Waals surface area (Å²) < 4.78 is 10.7. The first-order chi connectivity index (χ1) is 9.24. The summed E-state index contributed by atoms with van der Waals surface area (Å²) in [6.45, 7) is 6.01. The summed E-state index contributed by atoms with van der Waals surface area (Å²) in [7, 11) is 1.67. The van der Waals surface area contributed by atoms with E-state index in [4.69, 9.17) is 14.7 Å². The van der Waals surface area contributed by atoms with Gasteiger partial charge in [-0.2, -0.15) is 0 Å². The van der Waals surface area contributed by atoms with Gasteiger partial charge in [-0.3, -0.25) is 4.90 Å². The van der Waals surface area contributed by atoms with Gasteiger partial charge >= 0.3 is 0 Å². The molecule has 5 heteroatoms. The zero-order valence-corrected chi connectivity index (χ0v) is 11.4. The van der Waals surface area contributed by atoms with Crippen molar-refractivity contribution in [1.82, 2.24) is 4.90 Å². The molecule has 0 atom stereocenters. The Morgan fingerprint density at radius 1 is 1.42 bits per heavy atom. The Hall–Kier alpha value is -1.59. The van der Waals surface area contributed by atoms with E-state index < -0.39 is 0 Å². The number of hydrogen-bond acceptors (Lipinski definition) is 5. The molecule has 1 aliphatic heterocycles. The van der Waals surface area contributed by atoms with Gasteiger partial charge in [0.25, 0.3) is 0 Å². The van der Waals surface area contributed by atoms with Crippen molar-refractivity contribution in [2.24, 2.45) is 5.16 Å². The van der Waals surface area contributed by atoms with Gasteiger partial charge in [0.15, 0.2) is 0 Å². The van der Waals surface area contributed by atoms with Gasteiger partial charge in [0, 0.05) is 25.2 Å². The second-order valence-electron chi connectivity index (χ2n) is 4.60. The molecule has 0 radical (unpaired) electrons. The highest BCUT2D eigenvalue weighted by atomic mass is 16.5. The topological polar surface area (TPSA) is 54.3 Å². The van der Waals surface area contributed by atoms with E-state index in [0.717, 1.165) is 49.7 Å². The van der Waals surface area contributed by atoms with E-state index in [1.54, 1.807) is 14.0 Å². The van der Waals surface area contributed by atoms with Crippen LogP contribution in [-0.4, -0.2) is 49.2 Å². The minimum Gasteiger partial charge on any atom is -0.496 e. The van der Waals surface area contributed by atoms with Gasteiger partial charge < -0.3 is 14.7 Å². The van der Waals surface area contributed by atoms with Crippen LogP contribution in [0.15, 0.2) is 23.4 Å². The summed E-state index contributed by atoms with van der Waals surface area (Å²) in [5.41, 5.74) is 2.61. The highest BCUT2D eigenvalue weighted by molar-refractivity contribution is 5.98. The van der Waals surface area contributed by atoms with Crippen LogP contribution >= 0.6 is 0 Å². The molecule has 1 fully saturated rings. The van der Waals surface area contributed by atoms with Crippen LogP contribution in [0.5, 0.6) is 5.75 Å². The monoisotopic (exact) mass is 264 g/mol. The third kappa shape index (κ3) is 3.45. The maximum Gasteiger partial charge on any atom is 0.123 e. The van der Waals surface area contributed by atoms with Crippen molar-refractivity contribution in [1.29, 1.82) is 0 Å². The molecule has 0 amide bonds. The van der Waals surface area contributed by atoms with Crippen LogP contribution in [0.1, 0.15) is 18.1 Å². The number of benzene rings is 1. The number of nitrogens with zero attached hydrogens (tertiary/aromatic N) is 2. The molecule has 1 aliphatic rings. The van der Waals surface area contributed by atoms with Crippen LogP contribution < -0.4 is 4.74 Å². The first-order valence-electron chi connectivity index (χ1n) is 6.40. The Kier molecular flexibility index (Phi) is 4.76. The van der Waals surface area contributed by atoms with Crippen LogP contribution in [0, 0.1) is 0 Å². The molecule has 1 aromatic carbocycles. The molecule has 104 valence electrons. The van der Waals surface area contributed by atoms with Crippen molar-refractivity contribution in [2.75, 3.05) is 33.4 Å². The van der Waals surface area contributed by atoms with Crippen LogP contribution in [0.2, 0.25) is 0 Å². The Morgan fingerprint density at radius 2 is 2.16 bits per heavy atom. The quantitative estimate of drug-likeness (QED) is 0.511. The van der Waals surface area contributed by atoms with Crippen LogP contribution in [-0.2, 0) is 11.3 Å². The summed E-state index contributed by atoms with van der Waals surface area (Å²) in [4.78, 5) is 2.33. The van der Waals surface area contributed by atoms with Gasteiger partial charge in [-0.1, -0.05) is 5.16 Å². The molecule has 0 saturated carbocycles. The van der Waals surface area contributed by atoms with Gasteiger partial charge in [-0.05, 0) is 30.7 Å². The summed E-state index contributed by atoms with van der Waals surface area (Å²) in [5, 5.41) is 12.1. The van der Waals surface area contributed by atoms with Crippen molar-refractivity contribution >= 4 is 5.71 Å². The number of hydrogen-bond donors (Lipinski definition) is 1. The van der Waals surface area contributed by atoms with E-state index in [1.807, 2.05) is 18.2 Å². The Labute approximate surface area is 113 Å². The fraction of sp³-hybridized carbons (Fsp3) is 0.500. The number of ether oxygens (including phenoxy) is 2. The fourth-order valence-corrected chi connectivity index (χ4v) is 2.19. The van der Waals surface area contributed by atoms with E-state index in [9.17, 15) is 0 Å². The molecule has 0 aliphatic carbocycles. The lowest BCUT2D eigenvalue weighted by Crippen LogP contribution is -2.35. The molecule has 1 aromatic rings. The molecule has 0 spiro atoms. The maximum atomic E-state index is 8.86. The van der Waals surface area contributed by atoms with E-state index in [2.05, 4.69) is 10.1 Å². The predicted octanol–water partition coefficient (Wildman–Crippen LogP) is 1.73. The zero-order chi connectivity index (χ0) is 13.7. The molecule has 1 N–H and O–H groups in total. The molecular weight excluding hydrogens is 244 g/mol. The highest BCUT2D eigenvalue weighted by Crippen LogP contribution is 2.22. The van der Waals surface area contributed by atoms with E-state index in [0.29, 0.717) is 5.71 Å². The molecular formula is C14H20N2O3. The van der Waals surface area contributed by atoms with E-state index in [-0.39, 0.29) is 0 Å². The molecule has 0 unspecified atom stereocenters. The van der Waals surface area contributed by atoms with Crippen molar-refractivity contribution in [3.63, 3.8) is 0 Å². The van der Waals surface area contributed by atoms with E-state index >= 15 is 0 Å². The maximum absolute atomic E-state index is 8.86. The first kappa shape index (κ1) is 13.8. The zero-order valence-electron chi connectivity index (χ0n) is 11.4. The van der Waals surface area contributed by atoms with Gasteiger partial charge in [-0.15, -0.1) is 0 Å². The number of morpholine rings is 1. The van der Waals surface area contributed by atoms with Crippen LogP contribution in [0.4, 0.5) is 0 Å². The minimum atomic E-state index is 0.603. The molecule has 19 heavy (non-hydrogen) atoms. The normalized spacial score (nSPS) is 17.5. The van der Waals surface area contributed by atoms with Gasteiger partial charge in [0.1, 0.15) is 5.75 Å². The molecule has 1 heterocycles. The van der Waals surface area contributed by atoms with Crippen LogP contribution in [0.25, 0.3) is 0 Å². The molecule has 2 rings (SSSR count). The van der Waals surface area contributed by atoms with Crippen molar-refractivity contribution in [2.45, 2.75) is 13.5 Å². The SMILES string of the molecule is COc1ccc(C(C)=NO)cc1CN1CCOCC1. The van der Waals surface area contributed by atoms with Gasteiger partial charge in [-0.25, -0.2) is 0 Å². The lowest BCUT2D eigenvalue weighted by atomic mass is 10.1. The van der Waals surface area contributed by atoms with Crippen LogP contribution in [0.3, 0.4) is 0 Å². The smallest absolute Gasteiger partial charge is 0.123 e. The van der Waals surface area contributed by atoms with Gasteiger partial charge in [0.2, 0.25) is 0 Å². The third-order valence-electron chi connectivity index (χ3n) is 3.35. The lowest BCUT2D eigenvalue weighted by Gasteiger charge is -2.27. The van der Waals surface area contributed by atoms with E-state index in [1.165, 1.54) is 0 Å². The standard InChI is InChI=1S/C14H20N2O3/c1-11(15-17)12-3-4-14(18-2)13(9-12)10-16-5-7-19-8-6-16/h3-4,9,17H,5-8,10H2,1-2H3. The fourth-order valence-electron chi connectivity index (χ4n) is 2.19. The second-order valence-corrected chi connectivity index (χ2v) is 4.60. The first-order valence-corrected chi connectivity index (χ1v) is 6.40. The van der Waals surface area contributed by atoms with Gasteiger partial charge in [0.05, 0.1) is 26.0 Å². The average molecular weight is 264 g/mol. The highest BCUT2D eigenvalue weighted by Gasteiger charge is 2.14. The number of rotatable bonds is 4. The Bertz CT molecular complexity index is 454. The third-order valence-corrected chi connectivity index (χ3v) is 3.35. The average Bonchev–Trinajstić information content (AvgIpc) is 2.47.